The lowest BCUT2D eigenvalue weighted by Crippen LogP contribution is -2.27. The first-order chi connectivity index (χ1) is 18.7. The predicted molar refractivity (Wildman–Crippen MR) is 149 cm³/mol. The molecule has 0 atom stereocenters. The van der Waals surface area contributed by atoms with E-state index >= 15 is 0 Å². The summed E-state index contributed by atoms with van der Waals surface area (Å²) in [6.45, 7) is 5.41. The van der Waals surface area contributed by atoms with Gasteiger partial charge in [-0.1, -0.05) is 78.5 Å². The van der Waals surface area contributed by atoms with Crippen molar-refractivity contribution >= 4 is 38.6 Å². The lowest BCUT2D eigenvalue weighted by molar-refractivity contribution is -0.157. The molecule has 0 aliphatic rings. The summed E-state index contributed by atoms with van der Waals surface area (Å²) in [7, 11) is -5.84. The molecule has 4 aromatic carbocycles. The normalized spacial score (nSPS) is 11.9. The molecule has 0 fully saturated rings. The first-order valence-electron chi connectivity index (χ1n) is 11.9. The Morgan fingerprint density at radius 2 is 1.43 bits per heavy atom. The highest BCUT2D eigenvalue weighted by Gasteiger charge is 2.44. The fraction of sp³-hybridized carbons (Fsp3) is 0.207. The first-order valence-corrected chi connectivity index (χ1v) is 14.1. The second-order valence-corrected chi connectivity index (χ2v) is 11.9. The molecule has 0 aromatic heterocycles. The van der Waals surface area contributed by atoms with Gasteiger partial charge in [0.25, 0.3) is 0 Å². The van der Waals surface area contributed by atoms with Gasteiger partial charge in [0.05, 0.1) is 0 Å². The Labute approximate surface area is 234 Å². The number of rotatable bonds is 6. The van der Waals surface area contributed by atoms with Crippen LogP contribution in [-0.4, -0.2) is 36.7 Å². The fourth-order valence-electron chi connectivity index (χ4n) is 3.53. The van der Waals surface area contributed by atoms with Crippen molar-refractivity contribution in [2.45, 2.75) is 41.7 Å². The minimum atomic E-state index is -5.84. The molecule has 40 heavy (non-hydrogen) atoms. The van der Waals surface area contributed by atoms with E-state index in [-0.39, 0.29) is 12.6 Å². The van der Waals surface area contributed by atoms with Crippen molar-refractivity contribution in [1.29, 1.82) is 0 Å². The van der Waals surface area contributed by atoms with Gasteiger partial charge in [-0.05, 0) is 61.4 Å². The van der Waals surface area contributed by atoms with E-state index in [9.17, 15) is 18.0 Å². The maximum atomic E-state index is 12.3. The summed E-state index contributed by atoms with van der Waals surface area (Å²) in [6, 6.07) is 30.8. The third-order valence-corrected chi connectivity index (χ3v) is 6.75. The number of halogens is 3. The molecular formula is C29H27F3O6S2. The van der Waals surface area contributed by atoms with E-state index < -0.39 is 21.2 Å². The standard InChI is InChI=1S/C28H26O3S.CHF3O3S/c1-28(2,3)31-26(29)19-30-24-18-17-20-11-7-8-14-22(20)27(24)23-15-9-10-16-25(23)32-21-12-5-4-6-13-21;2-1(3,4)8(5,6)7/h4-18H,19H2,1-3H3;(H,5,6,7). The molecule has 0 aliphatic carbocycles. The zero-order valence-electron chi connectivity index (χ0n) is 21.8. The van der Waals surface area contributed by atoms with Gasteiger partial charge in [-0.15, -0.1) is 0 Å². The average molecular weight is 593 g/mol. The Kier molecular flexibility index (Phi) is 9.88. The number of esters is 1. The Hall–Kier alpha value is -3.54. The highest BCUT2D eigenvalue weighted by Crippen LogP contribution is 2.43. The van der Waals surface area contributed by atoms with Crippen LogP contribution in [0.4, 0.5) is 13.2 Å². The molecule has 0 saturated carbocycles. The number of carbonyl (C=O) groups is 1. The zero-order chi connectivity index (χ0) is 29.6. The van der Waals surface area contributed by atoms with Gasteiger partial charge in [0.15, 0.2) is 6.61 Å². The van der Waals surface area contributed by atoms with Crippen LogP contribution in [0.3, 0.4) is 0 Å². The number of hydrogen-bond donors (Lipinski definition) is 1. The Morgan fingerprint density at radius 1 is 0.850 bits per heavy atom. The van der Waals surface area contributed by atoms with E-state index in [4.69, 9.17) is 22.4 Å². The van der Waals surface area contributed by atoms with E-state index in [1.165, 1.54) is 0 Å². The Bertz CT molecular complexity index is 1560. The molecule has 4 rings (SSSR count). The second kappa shape index (κ2) is 12.8. The van der Waals surface area contributed by atoms with Crippen molar-refractivity contribution in [2.75, 3.05) is 6.61 Å². The zero-order valence-corrected chi connectivity index (χ0v) is 23.4. The van der Waals surface area contributed by atoms with Gasteiger partial charge in [-0.3, -0.25) is 4.55 Å². The molecule has 11 heteroatoms. The number of fused-ring (bicyclic) bond motifs is 1. The highest BCUT2D eigenvalue weighted by atomic mass is 32.2. The highest BCUT2D eigenvalue weighted by molar-refractivity contribution is 7.99. The van der Waals surface area contributed by atoms with Gasteiger partial charge in [0.1, 0.15) is 11.4 Å². The van der Waals surface area contributed by atoms with Crippen molar-refractivity contribution in [3.05, 3.63) is 91.0 Å². The van der Waals surface area contributed by atoms with Crippen molar-refractivity contribution in [1.82, 2.24) is 0 Å². The lowest BCUT2D eigenvalue weighted by atomic mass is 9.97. The van der Waals surface area contributed by atoms with E-state index in [0.717, 1.165) is 31.7 Å². The van der Waals surface area contributed by atoms with Crippen molar-refractivity contribution in [3.63, 3.8) is 0 Å². The number of ether oxygens (including phenoxy) is 2. The average Bonchev–Trinajstić information content (AvgIpc) is 2.86. The van der Waals surface area contributed by atoms with Gasteiger partial charge >= 0.3 is 21.6 Å². The summed E-state index contributed by atoms with van der Waals surface area (Å²) < 4.78 is 69.0. The summed E-state index contributed by atoms with van der Waals surface area (Å²) in [5.41, 5.74) is -4.04. The molecule has 0 saturated heterocycles. The largest absolute Gasteiger partial charge is 0.522 e. The van der Waals surface area contributed by atoms with Crippen LogP contribution in [0.1, 0.15) is 20.8 Å². The van der Waals surface area contributed by atoms with E-state index in [2.05, 4.69) is 36.4 Å². The van der Waals surface area contributed by atoms with Crippen LogP contribution in [0.15, 0.2) is 101 Å². The molecular weight excluding hydrogens is 565 g/mol. The minimum absolute atomic E-state index is 0.142. The van der Waals surface area contributed by atoms with Crippen LogP contribution in [0.2, 0.25) is 0 Å². The molecule has 212 valence electrons. The molecule has 0 aliphatic heterocycles. The minimum Gasteiger partial charge on any atom is -0.481 e. The Balaban J connectivity index is 0.000000482. The van der Waals surface area contributed by atoms with Crippen LogP contribution in [0, 0.1) is 0 Å². The predicted octanol–water partition coefficient (Wildman–Crippen LogP) is 7.77. The number of carbonyl (C=O) groups excluding carboxylic acids is 1. The van der Waals surface area contributed by atoms with Gasteiger partial charge in [0, 0.05) is 15.4 Å². The molecule has 0 heterocycles. The summed E-state index contributed by atoms with van der Waals surface area (Å²) in [4.78, 5) is 14.6. The van der Waals surface area contributed by atoms with E-state index in [1.807, 2.05) is 75.4 Å². The second-order valence-electron chi connectivity index (χ2n) is 9.37. The monoisotopic (exact) mass is 592 g/mol. The molecule has 4 aromatic rings. The maximum Gasteiger partial charge on any atom is 0.522 e. The summed E-state index contributed by atoms with van der Waals surface area (Å²) in [5.74, 6) is 0.277. The summed E-state index contributed by atoms with van der Waals surface area (Å²) >= 11 is 1.71. The van der Waals surface area contributed by atoms with Crippen LogP contribution >= 0.6 is 11.8 Å². The maximum absolute atomic E-state index is 12.3. The quantitative estimate of drug-likeness (QED) is 0.139. The van der Waals surface area contributed by atoms with Crippen molar-refractivity contribution in [2.24, 2.45) is 0 Å². The van der Waals surface area contributed by atoms with Gasteiger partial charge in [-0.25, -0.2) is 4.79 Å². The third kappa shape index (κ3) is 8.73. The molecule has 0 amide bonds. The van der Waals surface area contributed by atoms with Crippen molar-refractivity contribution < 1.29 is 40.4 Å². The fourth-order valence-corrected chi connectivity index (χ4v) is 4.51. The molecule has 0 unspecified atom stereocenters. The summed E-state index contributed by atoms with van der Waals surface area (Å²) in [5, 5.41) is 2.20. The molecule has 0 bridgehead atoms. The smallest absolute Gasteiger partial charge is 0.481 e. The number of hydrogen-bond acceptors (Lipinski definition) is 6. The van der Waals surface area contributed by atoms with E-state index in [1.54, 1.807) is 11.8 Å². The van der Waals surface area contributed by atoms with Gasteiger partial charge < -0.3 is 9.47 Å². The SMILES string of the molecule is CC(C)(C)OC(=O)COc1ccc2ccccc2c1-c1ccccc1Sc1ccccc1.O=S(=O)(O)C(F)(F)F. The molecule has 6 nitrogen and oxygen atoms in total. The topological polar surface area (TPSA) is 89.9 Å². The molecule has 0 spiro atoms. The number of benzene rings is 4. The van der Waals surface area contributed by atoms with Crippen LogP contribution in [0.25, 0.3) is 21.9 Å². The Morgan fingerprint density at radius 3 is 2.05 bits per heavy atom. The van der Waals surface area contributed by atoms with Gasteiger partial charge in [-0.2, -0.15) is 21.6 Å². The van der Waals surface area contributed by atoms with Gasteiger partial charge in [0.2, 0.25) is 0 Å². The summed E-state index contributed by atoms with van der Waals surface area (Å²) in [6.07, 6.45) is 0. The van der Waals surface area contributed by atoms with Crippen LogP contribution in [0.5, 0.6) is 5.75 Å². The number of alkyl halides is 3. The van der Waals surface area contributed by atoms with E-state index in [0.29, 0.717) is 5.75 Å². The molecule has 0 radical (unpaired) electrons. The molecule has 1 N–H and O–H groups in total. The van der Waals surface area contributed by atoms with Crippen LogP contribution in [-0.2, 0) is 19.6 Å². The third-order valence-electron chi connectivity index (χ3n) is 5.08. The first kappa shape index (κ1) is 31.0. The van der Waals surface area contributed by atoms with Crippen LogP contribution < -0.4 is 4.74 Å². The van der Waals surface area contributed by atoms with Crippen molar-refractivity contribution in [3.8, 4) is 16.9 Å². The lowest BCUT2D eigenvalue weighted by Gasteiger charge is -2.20.